The van der Waals surface area contributed by atoms with Gasteiger partial charge in [-0.3, -0.25) is 9.52 Å². The van der Waals surface area contributed by atoms with E-state index >= 15 is 0 Å². The Hall–Kier alpha value is -3.07. The van der Waals surface area contributed by atoms with Gasteiger partial charge < -0.3 is 15.0 Å². The molecule has 1 amide bonds. The van der Waals surface area contributed by atoms with Crippen molar-refractivity contribution >= 4 is 38.9 Å². The zero-order chi connectivity index (χ0) is 24.1. The molecule has 0 aliphatic carbocycles. The number of nitrogens with one attached hydrogen (secondary N) is 2. The van der Waals surface area contributed by atoms with Gasteiger partial charge in [0.1, 0.15) is 0 Å². The van der Waals surface area contributed by atoms with Crippen molar-refractivity contribution in [3.8, 4) is 0 Å². The monoisotopic (exact) mass is 499 g/mol. The average molecular weight is 500 g/mol. The first-order valence-electron chi connectivity index (χ1n) is 10.9. The number of carbonyl (C=O) groups excluding carboxylic acids is 1. The standard InChI is InChI=1S/C25H26ClN3O4S/c1-18-2-9-22(10-3-18)34(31,32)28-20-6-11-24(26)23(16-20)25(30)27-17-19-4-7-21(8-5-19)29-12-14-33-15-13-29/h2-11,16,28H,12-15,17H2,1H3,(H,27,30). The Bertz CT molecular complexity index is 1260. The molecule has 2 N–H and O–H groups in total. The molecule has 1 fully saturated rings. The van der Waals surface area contributed by atoms with Gasteiger partial charge in [0.25, 0.3) is 15.9 Å². The van der Waals surface area contributed by atoms with Gasteiger partial charge in [-0.15, -0.1) is 0 Å². The molecular weight excluding hydrogens is 474 g/mol. The number of ether oxygens (including phenoxy) is 1. The maximum Gasteiger partial charge on any atom is 0.261 e. The summed E-state index contributed by atoms with van der Waals surface area (Å²) in [5.74, 6) is -0.390. The molecule has 0 bridgehead atoms. The van der Waals surface area contributed by atoms with Crippen LogP contribution in [0.25, 0.3) is 0 Å². The minimum absolute atomic E-state index is 0.138. The fourth-order valence-corrected chi connectivity index (χ4v) is 4.87. The van der Waals surface area contributed by atoms with Crippen molar-refractivity contribution in [2.24, 2.45) is 0 Å². The number of anilines is 2. The van der Waals surface area contributed by atoms with E-state index in [0.717, 1.165) is 43.1 Å². The summed E-state index contributed by atoms with van der Waals surface area (Å²) in [6.07, 6.45) is 0. The van der Waals surface area contributed by atoms with Crippen LogP contribution in [0.5, 0.6) is 0 Å². The molecule has 0 spiro atoms. The molecule has 1 heterocycles. The molecule has 0 radical (unpaired) electrons. The third kappa shape index (κ3) is 5.88. The van der Waals surface area contributed by atoms with Gasteiger partial charge >= 0.3 is 0 Å². The Morgan fingerprint density at radius 2 is 1.68 bits per heavy atom. The zero-order valence-corrected chi connectivity index (χ0v) is 20.3. The van der Waals surface area contributed by atoms with Crippen molar-refractivity contribution in [3.05, 3.63) is 88.4 Å². The van der Waals surface area contributed by atoms with Gasteiger partial charge in [0.05, 0.1) is 28.7 Å². The van der Waals surface area contributed by atoms with Crippen LogP contribution < -0.4 is 14.9 Å². The summed E-state index contributed by atoms with van der Waals surface area (Å²) in [7, 11) is -3.79. The van der Waals surface area contributed by atoms with E-state index in [1.165, 1.54) is 30.3 Å². The Morgan fingerprint density at radius 3 is 2.35 bits per heavy atom. The SMILES string of the molecule is Cc1ccc(S(=O)(=O)Nc2ccc(Cl)c(C(=O)NCc3ccc(N4CCOCC4)cc3)c2)cc1. The lowest BCUT2D eigenvalue weighted by atomic mass is 10.1. The lowest BCUT2D eigenvalue weighted by molar-refractivity contribution is 0.0951. The molecule has 0 aromatic heterocycles. The highest BCUT2D eigenvalue weighted by atomic mass is 35.5. The van der Waals surface area contributed by atoms with Crippen LogP contribution in [0.3, 0.4) is 0 Å². The number of halogens is 1. The summed E-state index contributed by atoms with van der Waals surface area (Å²) in [5.41, 5.74) is 3.47. The van der Waals surface area contributed by atoms with E-state index in [4.69, 9.17) is 16.3 Å². The summed E-state index contributed by atoms with van der Waals surface area (Å²) in [6.45, 7) is 5.36. The van der Waals surface area contributed by atoms with E-state index in [1.807, 2.05) is 31.2 Å². The van der Waals surface area contributed by atoms with Crippen molar-refractivity contribution < 1.29 is 17.9 Å². The highest BCUT2D eigenvalue weighted by Crippen LogP contribution is 2.23. The first kappa shape index (κ1) is 24.1. The number of nitrogens with zero attached hydrogens (tertiary/aromatic N) is 1. The Balaban J connectivity index is 1.41. The maximum atomic E-state index is 12.8. The molecular formula is C25H26ClN3O4S. The topological polar surface area (TPSA) is 87.7 Å². The number of hydrogen-bond acceptors (Lipinski definition) is 5. The van der Waals surface area contributed by atoms with Crippen molar-refractivity contribution in [1.82, 2.24) is 5.32 Å². The van der Waals surface area contributed by atoms with Gasteiger partial charge in [-0.05, 0) is 55.0 Å². The van der Waals surface area contributed by atoms with Crippen molar-refractivity contribution in [3.63, 3.8) is 0 Å². The number of amides is 1. The Kier molecular flexibility index (Phi) is 7.41. The van der Waals surface area contributed by atoms with Crippen molar-refractivity contribution in [2.75, 3.05) is 35.9 Å². The zero-order valence-electron chi connectivity index (χ0n) is 18.8. The quantitative estimate of drug-likeness (QED) is 0.508. The number of aryl methyl sites for hydroxylation is 1. The Labute approximate surface area is 204 Å². The van der Waals surface area contributed by atoms with Gasteiger partial charge in [0, 0.05) is 31.0 Å². The lowest BCUT2D eigenvalue weighted by Gasteiger charge is -2.28. The fraction of sp³-hybridized carbons (Fsp3) is 0.240. The molecule has 4 rings (SSSR count). The number of hydrogen-bond donors (Lipinski definition) is 2. The highest BCUT2D eigenvalue weighted by molar-refractivity contribution is 7.92. The van der Waals surface area contributed by atoms with Gasteiger partial charge in [0.15, 0.2) is 0 Å². The molecule has 34 heavy (non-hydrogen) atoms. The molecule has 3 aromatic carbocycles. The van der Waals surface area contributed by atoms with Crippen LogP contribution in [0, 0.1) is 6.92 Å². The average Bonchev–Trinajstić information content (AvgIpc) is 2.85. The summed E-state index contributed by atoms with van der Waals surface area (Å²) < 4.78 is 33.2. The van der Waals surface area contributed by atoms with Crippen molar-refractivity contribution in [2.45, 2.75) is 18.4 Å². The molecule has 3 aromatic rings. The summed E-state index contributed by atoms with van der Waals surface area (Å²) in [5, 5.41) is 3.08. The molecule has 178 valence electrons. The number of sulfonamides is 1. The van der Waals surface area contributed by atoms with Crippen LogP contribution in [-0.2, 0) is 21.3 Å². The predicted octanol–water partition coefficient (Wildman–Crippen LogP) is 4.22. The van der Waals surface area contributed by atoms with Crippen LogP contribution in [0.15, 0.2) is 71.6 Å². The first-order chi connectivity index (χ1) is 16.3. The number of carbonyl (C=O) groups is 1. The minimum atomic E-state index is -3.79. The molecule has 0 atom stereocenters. The molecule has 1 aliphatic heterocycles. The largest absolute Gasteiger partial charge is 0.378 e. The van der Waals surface area contributed by atoms with E-state index in [2.05, 4.69) is 14.9 Å². The molecule has 0 saturated carbocycles. The second-order valence-corrected chi connectivity index (χ2v) is 10.2. The summed E-state index contributed by atoms with van der Waals surface area (Å²) in [4.78, 5) is 15.2. The van der Waals surface area contributed by atoms with E-state index < -0.39 is 15.9 Å². The van der Waals surface area contributed by atoms with Crippen LogP contribution >= 0.6 is 11.6 Å². The number of benzene rings is 3. The van der Waals surface area contributed by atoms with Crippen LogP contribution in [0.4, 0.5) is 11.4 Å². The van der Waals surface area contributed by atoms with Crippen LogP contribution in [0.2, 0.25) is 5.02 Å². The third-order valence-corrected chi connectivity index (χ3v) is 7.29. The number of rotatable bonds is 7. The van der Waals surface area contributed by atoms with Crippen molar-refractivity contribution in [1.29, 1.82) is 0 Å². The third-order valence-electron chi connectivity index (χ3n) is 5.56. The van der Waals surface area contributed by atoms with E-state index in [1.54, 1.807) is 12.1 Å². The molecule has 0 unspecified atom stereocenters. The fourth-order valence-electron chi connectivity index (χ4n) is 3.62. The van der Waals surface area contributed by atoms with Gasteiger partial charge in [-0.25, -0.2) is 8.42 Å². The lowest BCUT2D eigenvalue weighted by Crippen LogP contribution is -2.36. The first-order valence-corrected chi connectivity index (χ1v) is 12.8. The van der Waals surface area contributed by atoms with Gasteiger partial charge in [-0.1, -0.05) is 41.4 Å². The smallest absolute Gasteiger partial charge is 0.261 e. The van der Waals surface area contributed by atoms with E-state index in [9.17, 15) is 13.2 Å². The summed E-state index contributed by atoms with van der Waals surface area (Å²) >= 11 is 6.23. The highest BCUT2D eigenvalue weighted by Gasteiger charge is 2.17. The second kappa shape index (κ2) is 10.5. The van der Waals surface area contributed by atoms with Crippen LogP contribution in [0.1, 0.15) is 21.5 Å². The molecule has 1 aliphatic rings. The van der Waals surface area contributed by atoms with E-state index in [0.29, 0.717) is 6.54 Å². The maximum absolute atomic E-state index is 12.8. The predicted molar refractivity (Wildman–Crippen MR) is 134 cm³/mol. The van der Waals surface area contributed by atoms with Gasteiger partial charge in [0.2, 0.25) is 0 Å². The molecule has 9 heteroatoms. The van der Waals surface area contributed by atoms with E-state index in [-0.39, 0.29) is 21.2 Å². The Morgan fingerprint density at radius 1 is 1.00 bits per heavy atom. The summed E-state index contributed by atoms with van der Waals surface area (Å²) in [6, 6.07) is 19.0. The van der Waals surface area contributed by atoms with Crippen LogP contribution in [-0.4, -0.2) is 40.6 Å². The molecule has 7 nitrogen and oxygen atoms in total. The normalized spacial score (nSPS) is 14.0. The second-order valence-electron chi connectivity index (χ2n) is 8.06. The van der Waals surface area contributed by atoms with Gasteiger partial charge in [-0.2, -0.15) is 0 Å². The molecule has 1 saturated heterocycles. The number of morpholine rings is 1. The minimum Gasteiger partial charge on any atom is -0.378 e.